The van der Waals surface area contributed by atoms with E-state index in [-0.39, 0.29) is 11.6 Å². The molecule has 0 heterocycles. The summed E-state index contributed by atoms with van der Waals surface area (Å²) in [5, 5.41) is 5.52. The van der Waals surface area contributed by atoms with Gasteiger partial charge in [0, 0.05) is 5.56 Å². The first-order valence-corrected chi connectivity index (χ1v) is 9.86. The number of nitrogens with one attached hydrogen (secondary N) is 2. The molecule has 2 amide bonds. The fraction of sp³-hybridized carbons (Fsp3) is 0.120. The van der Waals surface area contributed by atoms with Crippen LogP contribution in [0.2, 0.25) is 0 Å². The summed E-state index contributed by atoms with van der Waals surface area (Å²) in [4.78, 5) is 25.7. The van der Waals surface area contributed by atoms with E-state index >= 15 is 0 Å². The van der Waals surface area contributed by atoms with Crippen LogP contribution in [-0.2, 0) is 4.79 Å². The quantitative estimate of drug-likeness (QED) is 0.530. The summed E-state index contributed by atoms with van der Waals surface area (Å²) < 4.78 is 10.8. The van der Waals surface area contributed by atoms with E-state index in [9.17, 15) is 9.59 Å². The summed E-state index contributed by atoms with van der Waals surface area (Å²) >= 11 is 0. The first kappa shape index (κ1) is 21.6. The predicted octanol–water partition coefficient (Wildman–Crippen LogP) is 4.50. The van der Waals surface area contributed by atoms with E-state index in [0.717, 1.165) is 11.3 Å². The summed E-state index contributed by atoms with van der Waals surface area (Å²) in [6.45, 7) is 2.47. The van der Waals surface area contributed by atoms with Crippen LogP contribution in [0.15, 0.2) is 84.6 Å². The minimum atomic E-state index is -0.470. The van der Waals surface area contributed by atoms with E-state index in [4.69, 9.17) is 9.47 Å². The molecular formula is C25H24N2O4. The Bertz CT molecular complexity index is 1060. The van der Waals surface area contributed by atoms with Crippen LogP contribution >= 0.6 is 0 Å². The van der Waals surface area contributed by atoms with Gasteiger partial charge in [-0.1, -0.05) is 42.5 Å². The van der Waals surface area contributed by atoms with Crippen LogP contribution in [0.25, 0.3) is 6.08 Å². The molecule has 0 fully saturated rings. The second kappa shape index (κ2) is 10.6. The Balaban J connectivity index is 1.89. The maximum atomic E-state index is 13.0. The van der Waals surface area contributed by atoms with Gasteiger partial charge in [-0.05, 0) is 55.0 Å². The number of carbonyl (C=O) groups excluding carboxylic acids is 2. The van der Waals surface area contributed by atoms with Gasteiger partial charge in [-0.2, -0.15) is 0 Å². The lowest BCUT2D eigenvalue weighted by Crippen LogP contribution is -2.30. The van der Waals surface area contributed by atoms with Crippen LogP contribution in [0.5, 0.6) is 11.5 Å². The fourth-order valence-electron chi connectivity index (χ4n) is 2.87. The highest BCUT2D eigenvalue weighted by molar-refractivity contribution is 6.11. The van der Waals surface area contributed by atoms with E-state index in [1.165, 1.54) is 7.11 Å². The molecule has 0 radical (unpaired) electrons. The first-order chi connectivity index (χ1) is 15.1. The van der Waals surface area contributed by atoms with Crippen LogP contribution < -0.4 is 20.1 Å². The highest BCUT2D eigenvalue weighted by Gasteiger charge is 2.16. The van der Waals surface area contributed by atoms with E-state index in [1.807, 2.05) is 43.3 Å². The molecule has 0 spiro atoms. The number of para-hydroxylation sites is 2. The van der Waals surface area contributed by atoms with Gasteiger partial charge in [-0.15, -0.1) is 0 Å². The Hall–Kier alpha value is -4.06. The molecule has 31 heavy (non-hydrogen) atoms. The highest BCUT2D eigenvalue weighted by atomic mass is 16.5. The molecule has 158 valence electrons. The van der Waals surface area contributed by atoms with Gasteiger partial charge in [0.25, 0.3) is 11.8 Å². The average Bonchev–Trinajstić information content (AvgIpc) is 2.81. The van der Waals surface area contributed by atoms with Gasteiger partial charge < -0.3 is 20.1 Å². The number of hydrogen-bond donors (Lipinski definition) is 2. The number of benzene rings is 3. The summed E-state index contributed by atoms with van der Waals surface area (Å²) in [7, 11) is 1.53. The van der Waals surface area contributed by atoms with Gasteiger partial charge in [0.2, 0.25) is 0 Å². The van der Waals surface area contributed by atoms with Gasteiger partial charge in [0.1, 0.15) is 17.2 Å². The van der Waals surface area contributed by atoms with E-state index in [1.54, 1.807) is 48.5 Å². The molecule has 3 aromatic carbocycles. The topological polar surface area (TPSA) is 76.7 Å². The monoisotopic (exact) mass is 416 g/mol. The second-order valence-electron chi connectivity index (χ2n) is 6.53. The Morgan fingerprint density at radius 3 is 2.26 bits per heavy atom. The van der Waals surface area contributed by atoms with Crippen molar-refractivity contribution in [1.29, 1.82) is 0 Å². The van der Waals surface area contributed by atoms with Gasteiger partial charge >= 0.3 is 0 Å². The van der Waals surface area contributed by atoms with Crippen molar-refractivity contribution in [1.82, 2.24) is 5.32 Å². The summed E-state index contributed by atoms with van der Waals surface area (Å²) in [5.41, 5.74) is 1.79. The number of anilines is 1. The molecule has 0 atom stereocenters. The minimum Gasteiger partial charge on any atom is -0.495 e. The standard InChI is InChI=1S/C25H24N2O4/c1-3-31-20-15-13-18(14-16-20)17-22(27-24(28)19-9-5-4-6-10-19)25(29)26-21-11-7-8-12-23(21)30-2/h4-17H,3H2,1-2H3,(H,26,29)(H,27,28). The number of hydrogen-bond acceptors (Lipinski definition) is 4. The van der Waals surface area contributed by atoms with Gasteiger partial charge in [-0.3, -0.25) is 9.59 Å². The number of ether oxygens (including phenoxy) is 2. The summed E-state index contributed by atoms with van der Waals surface area (Å²) in [6, 6.07) is 23.0. The van der Waals surface area contributed by atoms with Crippen molar-refractivity contribution in [2.75, 3.05) is 19.0 Å². The Labute approximate surface area is 181 Å². The Kier molecular flexibility index (Phi) is 7.43. The van der Waals surface area contributed by atoms with Gasteiger partial charge in [0.05, 0.1) is 19.4 Å². The van der Waals surface area contributed by atoms with Crippen LogP contribution in [0.3, 0.4) is 0 Å². The maximum absolute atomic E-state index is 13.0. The molecule has 6 nitrogen and oxygen atoms in total. The van der Waals surface area contributed by atoms with Crippen LogP contribution in [0.4, 0.5) is 5.69 Å². The van der Waals surface area contributed by atoms with Crippen LogP contribution in [0.1, 0.15) is 22.8 Å². The maximum Gasteiger partial charge on any atom is 0.272 e. The SMILES string of the molecule is CCOc1ccc(C=C(NC(=O)c2ccccc2)C(=O)Nc2ccccc2OC)cc1. The first-order valence-electron chi connectivity index (χ1n) is 9.86. The Morgan fingerprint density at radius 2 is 1.58 bits per heavy atom. The minimum absolute atomic E-state index is 0.101. The molecule has 0 saturated heterocycles. The second-order valence-corrected chi connectivity index (χ2v) is 6.53. The molecule has 0 aliphatic heterocycles. The van der Waals surface area contributed by atoms with Crippen molar-refractivity contribution in [2.45, 2.75) is 6.92 Å². The molecule has 0 aliphatic carbocycles. The molecule has 3 aromatic rings. The molecule has 2 N–H and O–H groups in total. The van der Waals surface area contributed by atoms with Gasteiger partial charge in [-0.25, -0.2) is 0 Å². The lowest BCUT2D eigenvalue weighted by molar-refractivity contribution is -0.113. The van der Waals surface area contributed by atoms with Crippen molar-refractivity contribution < 1.29 is 19.1 Å². The molecule has 0 bridgehead atoms. The zero-order chi connectivity index (χ0) is 22.1. The summed E-state index contributed by atoms with van der Waals surface area (Å²) in [5.74, 6) is 0.397. The molecule has 3 rings (SSSR count). The van der Waals surface area contributed by atoms with Crippen molar-refractivity contribution in [3.63, 3.8) is 0 Å². The third-order valence-electron chi connectivity index (χ3n) is 4.39. The van der Waals surface area contributed by atoms with Gasteiger partial charge in [0.15, 0.2) is 0 Å². The molecule has 0 aliphatic rings. The van der Waals surface area contributed by atoms with E-state index in [0.29, 0.717) is 23.6 Å². The normalized spacial score (nSPS) is 10.8. The van der Waals surface area contributed by atoms with Crippen LogP contribution in [0, 0.1) is 0 Å². The molecule has 0 aromatic heterocycles. The van der Waals surface area contributed by atoms with E-state index in [2.05, 4.69) is 10.6 Å². The van der Waals surface area contributed by atoms with Crippen LogP contribution in [-0.4, -0.2) is 25.5 Å². The predicted molar refractivity (Wildman–Crippen MR) is 121 cm³/mol. The zero-order valence-corrected chi connectivity index (χ0v) is 17.4. The third kappa shape index (κ3) is 5.96. The van der Waals surface area contributed by atoms with Crippen molar-refractivity contribution in [3.8, 4) is 11.5 Å². The highest BCUT2D eigenvalue weighted by Crippen LogP contribution is 2.24. The average molecular weight is 416 g/mol. The van der Waals surface area contributed by atoms with Crippen molar-refractivity contribution in [2.24, 2.45) is 0 Å². The molecule has 0 saturated carbocycles. The third-order valence-corrected chi connectivity index (χ3v) is 4.39. The molecular weight excluding hydrogens is 392 g/mol. The number of carbonyl (C=O) groups is 2. The molecule has 6 heteroatoms. The zero-order valence-electron chi connectivity index (χ0n) is 17.4. The summed E-state index contributed by atoms with van der Waals surface area (Å²) in [6.07, 6.45) is 1.61. The largest absolute Gasteiger partial charge is 0.495 e. The smallest absolute Gasteiger partial charge is 0.272 e. The number of methoxy groups -OCH3 is 1. The van der Waals surface area contributed by atoms with Crippen molar-refractivity contribution >= 4 is 23.6 Å². The molecule has 0 unspecified atom stereocenters. The number of rotatable bonds is 8. The lowest BCUT2D eigenvalue weighted by atomic mass is 10.1. The lowest BCUT2D eigenvalue weighted by Gasteiger charge is -2.13. The number of amides is 2. The van der Waals surface area contributed by atoms with E-state index < -0.39 is 5.91 Å². The Morgan fingerprint density at radius 1 is 0.903 bits per heavy atom. The van der Waals surface area contributed by atoms with Crippen molar-refractivity contribution in [3.05, 3.63) is 95.7 Å². The fourth-order valence-corrected chi connectivity index (χ4v) is 2.87.